The van der Waals surface area contributed by atoms with Crippen molar-refractivity contribution in [2.24, 2.45) is 5.10 Å². The Morgan fingerprint density at radius 3 is 2.33 bits per heavy atom. The first kappa shape index (κ1) is 31.0. The Morgan fingerprint density at radius 1 is 0.975 bits per heavy atom. The first-order valence-electron chi connectivity index (χ1n) is 11.8. The van der Waals surface area contributed by atoms with Gasteiger partial charge in [-0.2, -0.15) is 5.10 Å². The number of rotatable bonds is 11. The summed E-state index contributed by atoms with van der Waals surface area (Å²) in [4.78, 5) is 36.6. The van der Waals surface area contributed by atoms with Gasteiger partial charge in [-0.3, -0.25) is 14.4 Å². The molecule has 13 heteroatoms. The van der Waals surface area contributed by atoms with Crippen LogP contribution < -0.4 is 30.3 Å². The number of halogens is 3. The Hall–Kier alpha value is -3.55. The second-order valence-corrected chi connectivity index (χ2v) is 10.0. The Bertz CT molecular complexity index is 1380. The number of carbonyl (C=O) groups is 3. The second kappa shape index (κ2) is 15.3. The molecular formula is C27H25Cl2IN4O6. The van der Waals surface area contributed by atoms with Crippen LogP contribution in [0.1, 0.15) is 18.1 Å². The molecule has 0 aliphatic carbocycles. The third-order valence-corrected chi connectivity index (χ3v) is 6.26. The van der Waals surface area contributed by atoms with Crippen molar-refractivity contribution in [1.29, 1.82) is 0 Å². The lowest BCUT2D eigenvalue weighted by Crippen LogP contribution is -2.37. The average molecular weight is 699 g/mol. The second-order valence-electron chi connectivity index (χ2n) is 7.99. The summed E-state index contributed by atoms with van der Waals surface area (Å²) in [6, 6.07) is 15.1. The van der Waals surface area contributed by atoms with Crippen LogP contribution in [0.3, 0.4) is 0 Å². The summed E-state index contributed by atoms with van der Waals surface area (Å²) in [7, 11) is 1.56. The predicted octanol–water partition coefficient (Wildman–Crippen LogP) is 4.79. The number of anilines is 1. The molecule has 0 atom stereocenters. The fourth-order valence-corrected chi connectivity index (χ4v) is 4.56. The number of amides is 3. The molecule has 0 heterocycles. The smallest absolute Gasteiger partial charge is 0.329 e. The van der Waals surface area contributed by atoms with E-state index in [1.165, 1.54) is 6.21 Å². The molecule has 0 saturated heterocycles. The highest BCUT2D eigenvalue weighted by atomic mass is 127. The molecule has 40 heavy (non-hydrogen) atoms. The lowest BCUT2D eigenvalue weighted by Gasteiger charge is -2.14. The number of nitrogens with one attached hydrogen (secondary N) is 3. The van der Waals surface area contributed by atoms with Gasteiger partial charge in [-0.25, -0.2) is 5.43 Å². The monoisotopic (exact) mass is 698 g/mol. The zero-order chi connectivity index (χ0) is 29.1. The molecule has 10 nitrogen and oxygen atoms in total. The van der Waals surface area contributed by atoms with Crippen LogP contribution in [0.15, 0.2) is 59.7 Å². The molecule has 0 aromatic heterocycles. The van der Waals surface area contributed by atoms with Crippen molar-refractivity contribution in [1.82, 2.24) is 10.7 Å². The van der Waals surface area contributed by atoms with Crippen LogP contribution in [0, 0.1) is 3.57 Å². The maximum Gasteiger partial charge on any atom is 0.329 e. The number of hydrazone groups is 1. The SMILES string of the molecule is CCOc1cc(/C=N\NC(=O)C(=O)NCc2ccc(OC)cc2)cc(I)c1OCC(=O)Nc1cc(Cl)cc(Cl)c1. The van der Waals surface area contributed by atoms with Crippen LogP contribution in [0.5, 0.6) is 17.2 Å². The third-order valence-electron chi connectivity index (χ3n) is 5.02. The van der Waals surface area contributed by atoms with Gasteiger partial charge in [0.2, 0.25) is 0 Å². The van der Waals surface area contributed by atoms with Crippen LogP contribution in [-0.2, 0) is 20.9 Å². The molecule has 0 aliphatic heterocycles. The van der Waals surface area contributed by atoms with E-state index in [0.717, 1.165) is 5.56 Å². The van der Waals surface area contributed by atoms with Crippen molar-refractivity contribution in [3.8, 4) is 17.2 Å². The van der Waals surface area contributed by atoms with Crippen molar-refractivity contribution < 1.29 is 28.6 Å². The van der Waals surface area contributed by atoms with E-state index in [4.69, 9.17) is 37.4 Å². The molecule has 3 aromatic carbocycles. The molecule has 3 rings (SSSR count). The molecule has 0 unspecified atom stereocenters. The number of methoxy groups -OCH3 is 1. The first-order chi connectivity index (χ1) is 19.2. The van der Waals surface area contributed by atoms with E-state index in [0.29, 0.717) is 48.7 Å². The van der Waals surface area contributed by atoms with Crippen molar-refractivity contribution in [3.63, 3.8) is 0 Å². The normalized spacial score (nSPS) is 10.6. The van der Waals surface area contributed by atoms with Gasteiger partial charge < -0.3 is 24.8 Å². The fraction of sp³-hybridized carbons (Fsp3) is 0.185. The lowest BCUT2D eigenvalue weighted by atomic mass is 10.2. The Kier molecular flexibility index (Phi) is 11.8. The predicted molar refractivity (Wildman–Crippen MR) is 161 cm³/mol. The lowest BCUT2D eigenvalue weighted by molar-refractivity contribution is -0.139. The number of ether oxygens (including phenoxy) is 3. The summed E-state index contributed by atoms with van der Waals surface area (Å²) in [5.41, 5.74) is 4.00. The highest BCUT2D eigenvalue weighted by Gasteiger charge is 2.15. The van der Waals surface area contributed by atoms with Gasteiger partial charge in [0.15, 0.2) is 18.1 Å². The molecule has 0 radical (unpaired) electrons. The maximum absolute atomic E-state index is 12.4. The molecule has 210 valence electrons. The van der Waals surface area contributed by atoms with Crippen LogP contribution in [0.2, 0.25) is 10.0 Å². The molecule has 0 spiro atoms. The van der Waals surface area contributed by atoms with Crippen LogP contribution in [-0.4, -0.2) is 44.3 Å². The topological polar surface area (TPSA) is 127 Å². The molecule has 0 aliphatic rings. The van der Waals surface area contributed by atoms with Crippen LogP contribution in [0.4, 0.5) is 5.69 Å². The fourth-order valence-electron chi connectivity index (χ4n) is 3.25. The van der Waals surface area contributed by atoms with Crippen molar-refractivity contribution in [2.75, 3.05) is 25.6 Å². The molecule has 3 N–H and O–H groups in total. The standard InChI is InChI=1S/C27H25Cl2IN4O6/c1-3-39-23-9-17(14-32-34-27(37)26(36)31-13-16-4-6-21(38-2)7-5-16)8-22(30)25(23)40-15-24(35)33-20-11-18(28)10-19(29)12-20/h4-12,14H,3,13,15H2,1-2H3,(H,31,36)(H,33,35)(H,34,37)/b32-14-. The van der Waals surface area contributed by atoms with Crippen LogP contribution >= 0.6 is 45.8 Å². The van der Waals surface area contributed by atoms with E-state index in [1.807, 2.05) is 22.6 Å². The summed E-state index contributed by atoms with van der Waals surface area (Å²) in [5, 5.41) is 9.83. The van der Waals surface area contributed by atoms with E-state index in [1.54, 1.807) is 68.6 Å². The minimum absolute atomic E-state index is 0.169. The van der Waals surface area contributed by atoms with Gasteiger partial charge in [-0.1, -0.05) is 35.3 Å². The van der Waals surface area contributed by atoms with Gasteiger partial charge in [0.25, 0.3) is 5.91 Å². The van der Waals surface area contributed by atoms with Gasteiger partial charge in [0.05, 0.1) is 23.5 Å². The molecular weight excluding hydrogens is 674 g/mol. The van der Waals surface area contributed by atoms with Gasteiger partial charge >= 0.3 is 11.8 Å². The van der Waals surface area contributed by atoms with Gasteiger partial charge in [0, 0.05) is 22.3 Å². The van der Waals surface area contributed by atoms with E-state index in [2.05, 4.69) is 21.2 Å². The Labute approximate surface area is 254 Å². The summed E-state index contributed by atoms with van der Waals surface area (Å²) in [6.07, 6.45) is 1.36. The quantitative estimate of drug-likeness (QED) is 0.114. The zero-order valence-electron chi connectivity index (χ0n) is 21.4. The average Bonchev–Trinajstić information content (AvgIpc) is 2.91. The highest BCUT2D eigenvalue weighted by molar-refractivity contribution is 14.1. The van der Waals surface area contributed by atoms with Crippen LogP contribution in [0.25, 0.3) is 0 Å². The molecule has 0 fully saturated rings. The van der Waals surface area contributed by atoms with Crippen molar-refractivity contribution >= 4 is 75.4 Å². The minimum atomic E-state index is -0.920. The first-order valence-corrected chi connectivity index (χ1v) is 13.6. The largest absolute Gasteiger partial charge is 0.497 e. The maximum atomic E-state index is 12.4. The minimum Gasteiger partial charge on any atom is -0.497 e. The van der Waals surface area contributed by atoms with Gasteiger partial charge in [-0.15, -0.1) is 0 Å². The third kappa shape index (κ3) is 9.57. The Balaban J connectivity index is 1.57. The Morgan fingerprint density at radius 2 is 1.68 bits per heavy atom. The zero-order valence-corrected chi connectivity index (χ0v) is 25.1. The van der Waals surface area contributed by atoms with E-state index < -0.39 is 17.7 Å². The summed E-state index contributed by atoms with van der Waals surface area (Å²) in [5.74, 6) is -0.751. The summed E-state index contributed by atoms with van der Waals surface area (Å²) < 4.78 is 17.1. The van der Waals surface area contributed by atoms with E-state index in [-0.39, 0.29) is 13.2 Å². The number of benzene rings is 3. The van der Waals surface area contributed by atoms with Crippen molar-refractivity contribution in [2.45, 2.75) is 13.5 Å². The summed E-state index contributed by atoms with van der Waals surface area (Å²) in [6.45, 7) is 2.01. The molecule has 3 amide bonds. The molecule has 0 bridgehead atoms. The van der Waals surface area contributed by atoms with Crippen molar-refractivity contribution in [3.05, 3.63) is 79.3 Å². The molecule has 3 aromatic rings. The van der Waals surface area contributed by atoms with E-state index >= 15 is 0 Å². The van der Waals surface area contributed by atoms with Gasteiger partial charge in [0.1, 0.15) is 5.75 Å². The van der Waals surface area contributed by atoms with Gasteiger partial charge in [-0.05, 0) is 83.1 Å². The number of carbonyl (C=O) groups excluding carboxylic acids is 3. The number of hydrogen-bond acceptors (Lipinski definition) is 7. The van der Waals surface area contributed by atoms with E-state index in [9.17, 15) is 14.4 Å². The molecule has 0 saturated carbocycles. The summed E-state index contributed by atoms with van der Waals surface area (Å²) >= 11 is 14.0. The number of hydrogen-bond donors (Lipinski definition) is 3. The number of nitrogens with zero attached hydrogens (tertiary/aromatic N) is 1. The highest BCUT2D eigenvalue weighted by Crippen LogP contribution is 2.34.